The van der Waals surface area contributed by atoms with E-state index in [1.165, 1.54) is 7.11 Å². The Labute approximate surface area is 113 Å². The van der Waals surface area contributed by atoms with Gasteiger partial charge < -0.3 is 10.1 Å². The highest BCUT2D eigenvalue weighted by atomic mass is 35.5. The van der Waals surface area contributed by atoms with Gasteiger partial charge in [-0.15, -0.1) is 0 Å². The number of rotatable bonds is 6. The zero-order chi connectivity index (χ0) is 13.8. The minimum atomic E-state index is -3.42. The van der Waals surface area contributed by atoms with Gasteiger partial charge in [-0.2, -0.15) is 0 Å². The summed E-state index contributed by atoms with van der Waals surface area (Å²) < 4.78 is 31.4. The molecule has 0 spiro atoms. The molecular formula is C11H17ClN2O3S. The average molecular weight is 293 g/mol. The molecule has 18 heavy (non-hydrogen) atoms. The SMILES string of the molecule is CNCC(C)S(=O)(=O)Nc1ccc(Cl)c(OC)c1. The van der Waals surface area contributed by atoms with Crippen LogP contribution in [0.4, 0.5) is 5.69 Å². The summed E-state index contributed by atoms with van der Waals surface area (Å²) in [5, 5.41) is 2.72. The Morgan fingerprint density at radius 1 is 1.44 bits per heavy atom. The van der Waals surface area contributed by atoms with E-state index in [1.807, 2.05) is 0 Å². The predicted molar refractivity (Wildman–Crippen MR) is 73.9 cm³/mol. The van der Waals surface area contributed by atoms with Crippen LogP contribution in [0.1, 0.15) is 6.92 Å². The van der Waals surface area contributed by atoms with E-state index in [0.29, 0.717) is 23.0 Å². The summed E-state index contributed by atoms with van der Waals surface area (Å²) in [6.45, 7) is 2.01. The van der Waals surface area contributed by atoms with Crippen LogP contribution in [-0.4, -0.2) is 34.4 Å². The lowest BCUT2D eigenvalue weighted by Crippen LogP contribution is -2.33. The summed E-state index contributed by atoms with van der Waals surface area (Å²) in [6, 6.07) is 4.72. The van der Waals surface area contributed by atoms with Gasteiger partial charge in [0.2, 0.25) is 10.0 Å². The predicted octanol–water partition coefficient (Wildman–Crippen LogP) is 1.70. The first kappa shape index (κ1) is 15.1. The fraction of sp³-hybridized carbons (Fsp3) is 0.455. The fourth-order valence-corrected chi connectivity index (χ4v) is 2.62. The molecule has 2 N–H and O–H groups in total. The molecule has 1 rings (SSSR count). The van der Waals surface area contributed by atoms with E-state index in [4.69, 9.17) is 16.3 Å². The van der Waals surface area contributed by atoms with E-state index in [1.54, 1.807) is 32.2 Å². The second-order valence-corrected chi connectivity index (χ2v) is 6.37. The zero-order valence-electron chi connectivity index (χ0n) is 10.5. The molecule has 0 heterocycles. The van der Waals surface area contributed by atoms with Crippen LogP contribution in [0.2, 0.25) is 5.02 Å². The van der Waals surface area contributed by atoms with Crippen LogP contribution in [0.3, 0.4) is 0 Å². The third kappa shape index (κ3) is 3.76. The van der Waals surface area contributed by atoms with E-state index in [-0.39, 0.29) is 0 Å². The van der Waals surface area contributed by atoms with Crippen molar-refractivity contribution in [2.24, 2.45) is 0 Å². The Hall–Kier alpha value is -0.980. The number of methoxy groups -OCH3 is 1. The lowest BCUT2D eigenvalue weighted by molar-refractivity contribution is 0.415. The topological polar surface area (TPSA) is 67.4 Å². The number of anilines is 1. The smallest absolute Gasteiger partial charge is 0.236 e. The summed E-state index contributed by atoms with van der Waals surface area (Å²) in [5.74, 6) is 0.429. The molecular weight excluding hydrogens is 276 g/mol. The van der Waals surface area contributed by atoms with Crippen LogP contribution in [-0.2, 0) is 10.0 Å². The summed E-state index contributed by atoms with van der Waals surface area (Å²) in [4.78, 5) is 0. The standard InChI is InChI=1S/C11H17ClN2O3S/c1-8(7-13-2)18(15,16)14-9-4-5-10(12)11(6-9)17-3/h4-6,8,13-14H,7H2,1-3H3. The van der Waals surface area contributed by atoms with Gasteiger partial charge in [-0.1, -0.05) is 11.6 Å². The number of benzene rings is 1. The number of halogens is 1. The number of ether oxygens (including phenoxy) is 1. The van der Waals surface area contributed by atoms with Crippen molar-refractivity contribution in [1.29, 1.82) is 0 Å². The van der Waals surface area contributed by atoms with Crippen molar-refractivity contribution in [2.75, 3.05) is 25.4 Å². The van der Waals surface area contributed by atoms with Crippen molar-refractivity contribution in [2.45, 2.75) is 12.2 Å². The molecule has 1 atom stereocenters. The molecule has 0 aliphatic rings. The minimum Gasteiger partial charge on any atom is -0.495 e. The molecule has 1 aromatic rings. The van der Waals surface area contributed by atoms with Crippen molar-refractivity contribution in [1.82, 2.24) is 5.32 Å². The van der Waals surface area contributed by atoms with Crippen molar-refractivity contribution in [3.63, 3.8) is 0 Å². The van der Waals surface area contributed by atoms with Crippen LogP contribution in [0.5, 0.6) is 5.75 Å². The first-order valence-electron chi connectivity index (χ1n) is 5.40. The van der Waals surface area contributed by atoms with Gasteiger partial charge in [0.25, 0.3) is 0 Å². The molecule has 5 nitrogen and oxygen atoms in total. The molecule has 1 unspecified atom stereocenters. The Morgan fingerprint density at radius 2 is 2.11 bits per heavy atom. The Morgan fingerprint density at radius 3 is 2.67 bits per heavy atom. The first-order valence-corrected chi connectivity index (χ1v) is 7.33. The van der Waals surface area contributed by atoms with Gasteiger partial charge in [-0.3, -0.25) is 4.72 Å². The van der Waals surface area contributed by atoms with Crippen molar-refractivity contribution in [3.8, 4) is 5.75 Å². The van der Waals surface area contributed by atoms with Gasteiger partial charge in [-0.05, 0) is 26.1 Å². The summed E-state index contributed by atoms with van der Waals surface area (Å²) in [5.41, 5.74) is 0.430. The Bertz CT molecular complexity index is 505. The second-order valence-electron chi connectivity index (χ2n) is 3.86. The third-order valence-electron chi connectivity index (χ3n) is 2.43. The molecule has 0 aliphatic heterocycles. The number of hydrogen-bond donors (Lipinski definition) is 2. The lowest BCUT2D eigenvalue weighted by Gasteiger charge is -2.15. The van der Waals surface area contributed by atoms with E-state index in [9.17, 15) is 8.42 Å². The molecule has 0 bridgehead atoms. The second kappa shape index (κ2) is 6.26. The molecule has 0 aromatic heterocycles. The molecule has 1 aromatic carbocycles. The molecule has 102 valence electrons. The van der Waals surface area contributed by atoms with Crippen molar-refractivity contribution >= 4 is 27.3 Å². The minimum absolute atomic E-state index is 0.375. The Kier molecular flexibility index (Phi) is 5.25. The highest BCUT2D eigenvalue weighted by Gasteiger charge is 2.20. The first-order chi connectivity index (χ1) is 8.40. The highest BCUT2D eigenvalue weighted by Crippen LogP contribution is 2.28. The quantitative estimate of drug-likeness (QED) is 0.837. The van der Waals surface area contributed by atoms with E-state index in [2.05, 4.69) is 10.0 Å². The lowest BCUT2D eigenvalue weighted by atomic mass is 10.3. The fourth-order valence-electron chi connectivity index (χ4n) is 1.39. The number of nitrogens with one attached hydrogen (secondary N) is 2. The van der Waals surface area contributed by atoms with E-state index in [0.717, 1.165) is 0 Å². The maximum absolute atomic E-state index is 11.9. The van der Waals surface area contributed by atoms with Crippen LogP contribution in [0.25, 0.3) is 0 Å². The number of sulfonamides is 1. The van der Waals surface area contributed by atoms with Gasteiger partial charge in [0.15, 0.2) is 0 Å². The van der Waals surface area contributed by atoms with Gasteiger partial charge in [0.05, 0.1) is 23.1 Å². The average Bonchev–Trinajstić information content (AvgIpc) is 2.31. The summed E-state index contributed by atoms with van der Waals surface area (Å²) >= 11 is 5.87. The zero-order valence-corrected chi connectivity index (χ0v) is 12.1. The van der Waals surface area contributed by atoms with Crippen LogP contribution in [0.15, 0.2) is 18.2 Å². The maximum Gasteiger partial charge on any atom is 0.236 e. The molecule has 7 heteroatoms. The van der Waals surface area contributed by atoms with Gasteiger partial charge in [0.1, 0.15) is 5.75 Å². The van der Waals surface area contributed by atoms with Crippen LogP contribution in [0, 0.1) is 0 Å². The van der Waals surface area contributed by atoms with Gasteiger partial charge in [0, 0.05) is 12.6 Å². The largest absolute Gasteiger partial charge is 0.495 e. The molecule has 0 amide bonds. The third-order valence-corrected chi connectivity index (χ3v) is 4.49. The highest BCUT2D eigenvalue weighted by molar-refractivity contribution is 7.93. The normalized spacial score (nSPS) is 13.1. The molecule has 0 saturated carbocycles. The number of hydrogen-bond acceptors (Lipinski definition) is 4. The van der Waals surface area contributed by atoms with E-state index >= 15 is 0 Å². The van der Waals surface area contributed by atoms with Gasteiger partial charge >= 0.3 is 0 Å². The summed E-state index contributed by atoms with van der Waals surface area (Å²) in [7, 11) is -0.243. The molecule has 0 saturated heterocycles. The Balaban J connectivity index is 2.91. The van der Waals surface area contributed by atoms with Crippen molar-refractivity contribution in [3.05, 3.63) is 23.2 Å². The monoisotopic (exact) mass is 292 g/mol. The van der Waals surface area contributed by atoms with Crippen molar-refractivity contribution < 1.29 is 13.2 Å². The molecule has 0 aliphatic carbocycles. The maximum atomic E-state index is 11.9. The van der Waals surface area contributed by atoms with E-state index < -0.39 is 15.3 Å². The summed E-state index contributed by atoms with van der Waals surface area (Å²) in [6.07, 6.45) is 0. The molecule has 0 radical (unpaired) electrons. The molecule has 0 fully saturated rings. The van der Waals surface area contributed by atoms with Gasteiger partial charge in [-0.25, -0.2) is 8.42 Å². The van der Waals surface area contributed by atoms with Crippen LogP contribution < -0.4 is 14.8 Å². The van der Waals surface area contributed by atoms with Crippen LogP contribution >= 0.6 is 11.6 Å².